The van der Waals surface area contributed by atoms with Crippen molar-refractivity contribution in [2.75, 3.05) is 18.4 Å². The maximum Gasteiger partial charge on any atom is 0.323 e. The van der Waals surface area contributed by atoms with Crippen LogP contribution in [0, 0.1) is 13.8 Å². The van der Waals surface area contributed by atoms with Gasteiger partial charge in [0.15, 0.2) is 0 Å². The van der Waals surface area contributed by atoms with Crippen molar-refractivity contribution in [3.63, 3.8) is 0 Å². The number of rotatable bonds is 2. The Morgan fingerprint density at radius 2 is 2.18 bits per heavy atom. The molecule has 1 aliphatic heterocycles. The van der Waals surface area contributed by atoms with Crippen LogP contribution in [0.4, 0.5) is 9.93 Å². The lowest BCUT2D eigenvalue weighted by Gasteiger charge is -2.33. The van der Waals surface area contributed by atoms with Gasteiger partial charge in [-0.1, -0.05) is 24.3 Å². The van der Waals surface area contributed by atoms with Gasteiger partial charge in [0.05, 0.1) is 0 Å². The van der Waals surface area contributed by atoms with E-state index in [0.29, 0.717) is 16.9 Å². The summed E-state index contributed by atoms with van der Waals surface area (Å²) in [6, 6.07) is 8.37. The maximum absolute atomic E-state index is 12.4. The molecule has 1 aromatic heterocycles. The number of benzene rings is 1. The summed E-state index contributed by atoms with van der Waals surface area (Å²) >= 11 is 1.22. The summed E-state index contributed by atoms with van der Waals surface area (Å²) < 4.78 is 4.09. The van der Waals surface area contributed by atoms with Gasteiger partial charge in [-0.3, -0.25) is 5.32 Å². The van der Waals surface area contributed by atoms with Gasteiger partial charge in [-0.25, -0.2) is 9.78 Å². The van der Waals surface area contributed by atoms with E-state index in [9.17, 15) is 4.79 Å². The van der Waals surface area contributed by atoms with Gasteiger partial charge in [0, 0.05) is 30.5 Å². The molecular formula is C16H20N4OS. The predicted octanol–water partition coefficient (Wildman–Crippen LogP) is 3.57. The van der Waals surface area contributed by atoms with E-state index in [1.165, 1.54) is 22.7 Å². The zero-order valence-electron chi connectivity index (χ0n) is 12.9. The molecule has 0 bridgehead atoms. The van der Waals surface area contributed by atoms with Crippen LogP contribution in [0.25, 0.3) is 0 Å². The Balaban J connectivity index is 1.67. The second-order valence-electron chi connectivity index (χ2n) is 5.72. The molecule has 6 heteroatoms. The van der Waals surface area contributed by atoms with Crippen LogP contribution in [0.15, 0.2) is 24.3 Å². The van der Waals surface area contributed by atoms with Crippen LogP contribution >= 0.6 is 11.5 Å². The molecule has 5 nitrogen and oxygen atoms in total. The average molecular weight is 316 g/mol. The van der Waals surface area contributed by atoms with Crippen LogP contribution in [0.1, 0.15) is 35.7 Å². The van der Waals surface area contributed by atoms with E-state index in [4.69, 9.17) is 0 Å². The Hall–Kier alpha value is -1.95. The molecule has 116 valence electrons. The lowest BCUT2D eigenvalue weighted by atomic mass is 9.88. The normalized spacial score (nSPS) is 18.3. The lowest BCUT2D eigenvalue weighted by molar-refractivity contribution is 0.192. The number of carbonyl (C=O) groups excluding carboxylic acids is 1. The third-order valence-electron chi connectivity index (χ3n) is 4.08. The minimum atomic E-state index is -0.0746. The van der Waals surface area contributed by atoms with Crippen LogP contribution in [0.2, 0.25) is 0 Å². The van der Waals surface area contributed by atoms with Gasteiger partial charge in [-0.05, 0) is 37.8 Å². The summed E-state index contributed by atoms with van der Waals surface area (Å²) in [5, 5.41) is 3.42. The van der Waals surface area contributed by atoms with Gasteiger partial charge in [0.1, 0.15) is 5.82 Å². The number of nitrogens with one attached hydrogen (secondary N) is 1. The molecule has 1 aliphatic rings. The van der Waals surface area contributed by atoms with E-state index in [0.717, 1.165) is 25.9 Å². The largest absolute Gasteiger partial charge is 0.324 e. The minimum absolute atomic E-state index is 0.0746. The summed E-state index contributed by atoms with van der Waals surface area (Å²) in [5.41, 5.74) is 2.65. The van der Waals surface area contributed by atoms with Crippen molar-refractivity contribution in [3.8, 4) is 0 Å². The van der Waals surface area contributed by atoms with E-state index in [2.05, 4.69) is 45.9 Å². The number of nitrogens with zero attached hydrogens (tertiary/aromatic N) is 3. The minimum Gasteiger partial charge on any atom is -0.324 e. The first-order chi connectivity index (χ1) is 10.6. The van der Waals surface area contributed by atoms with Crippen LogP contribution in [0.3, 0.4) is 0 Å². The fraction of sp³-hybridized carbons (Fsp3) is 0.438. The summed E-state index contributed by atoms with van der Waals surface area (Å²) in [6.45, 7) is 5.51. The smallest absolute Gasteiger partial charge is 0.323 e. The SMILES string of the molecule is Cc1nsc(NC(=O)N2CCCC(c3ccccc3C)C2)n1. The van der Waals surface area contributed by atoms with E-state index >= 15 is 0 Å². The van der Waals surface area contributed by atoms with Gasteiger partial charge >= 0.3 is 6.03 Å². The molecule has 22 heavy (non-hydrogen) atoms. The number of hydrogen-bond acceptors (Lipinski definition) is 4. The van der Waals surface area contributed by atoms with Gasteiger partial charge in [0.2, 0.25) is 5.13 Å². The quantitative estimate of drug-likeness (QED) is 0.921. The first-order valence-electron chi connectivity index (χ1n) is 7.55. The van der Waals surface area contributed by atoms with E-state index in [1.807, 2.05) is 11.8 Å². The van der Waals surface area contributed by atoms with Crippen molar-refractivity contribution < 1.29 is 4.79 Å². The Morgan fingerprint density at radius 3 is 2.91 bits per heavy atom. The molecule has 1 N–H and O–H groups in total. The number of aromatic nitrogens is 2. The van der Waals surface area contributed by atoms with Crippen LogP contribution in [0.5, 0.6) is 0 Å². The second kappa shape index (κ2) is 6.44. The molecule has 2 amide bonds. The van der Waals surface area contributed by atoms with Gasteiger partial charge in [-0.15, -0.1) is 0 Å². The monoisotopic (exact) mass is 316 g/mol. The number of likely N-dealkylation sites (tertiary alicyclic amines) is 1. The maximum atomic E-state index is 12.4. The van der Waals surface area contributed by atoms with Crippen LogP contribution < -0.4 is 5.32 Å². The molecule has 0 saturated carbocycles. The number of urea groups is 1. The predicted molar refractivity (Wildman–Crippen MR) is 88.4 cm³/mol. The summed E-state index contributed by atoms with van der Waals surface area (Å²) in [7, 11) is 0. The summed E-state index contributed by atoms with van der Waals surface area (Å²) in [6.07, 6.45) is 2.16. The highest BCUT2D eigenvalue weighted by molar-refractivity contribution is 7.09. The Labute approximate surface area is 134 Å². The number of amides is 2. The molecular weight excluding hydrogens is 296 g/mol. The van der Waals surface area contributed by atoms with Crippen molar-refractivity contribution in [2.45, 2.75) is 32.6 Å². The fourth-order valence-electron chi connectivity index (χ4n) is 2.98. The van der Waals surface area contributed by atoms with Crippen molar-refractivity contribution in [1.29, 1.82) is 0 Å². The van der Waals surface area contributed by atoms with Gasteiger partial charge in [-0.2, -0.15) is 4.37 Å². The highest BCUT2D eigenvalue weighted by Gasteiger charge is 2.26. The number of carbonyl (C=O) groups is 1. The van der Waals surface area contributed by atoms with Gasteiger partial charge < -0.3 is 4.90 Å². The Kier molecular flexibility index (Phi) is 4.38. The van der Waals surface area contributed by atoms with E-state index in [1.54, 1.807) is 0 Å². The van der Waals surface area contributed by atoms with Gasteiger partial charge in [0.25, 0.3) is 0 Å². The highest BCUT2D eigenvalue weighted by Crippen LogP contribution is 2.29. The molecule has 3 rings (SSSR count). The number of anilines is 1. The average Bonchev–Trinajstić information content (AvgIpc) is 2.93. The van der Waals surface area contributed by atoms with E-state index in [-0.39, 0.29) is 6.03 Å². The third kappa shape index (κ3) is 3.27. The Morgan fingerprint density at radius 1 is 1.36 bits per heavy atom. The second-order valence-corrected chi connectivity index (χ2v) is 6.47. The fourth-order valence-corrected chi connectivity index (χ4v) is 3.54. The molecule has 0 radical (unpaired) electrons. The summed E-state index contributed by atoms with van der Waals surface area (Å²) in [5.74, 6) is 1.11. The number of aryl methyl sites for hydroxylation is 2. The topological polar surface area (TPSA) is 58.1 Å². The molecule has 1 saturated heterocycles. The van der Waals surface area contributed by atoms with Crippen LogP contribution in [-0.4, -0.2) is 33.4 Å². The first kappa shape index (κ1) is 15.0. The molecule has 1 fully saturated rings. The van der Waals surface area contributed by atoms with Crippen molar-refractivity contribution in [3.05, 3.63) is 41.2 Å². The van der Waals surface area contributed by atoms with Crippen molar-refractivity contribution in [1.82, 2.24) is 14.3 Å². The standard InChI is InChI=1S/C16H20N4OS/c1-11-6-3-4-8-14(11)13-7-5-9-20(10-13)16(21)18-15-17-12(2)19-22-15/h3-4,6,8,13H,5,7,9-10H2,1-2H3,(H,17,18,19,21). The molecule has 0 aliphatic carbocycles. The number of hydrogen-bond donors (Lipinski definition) is 1. The zero-order valence-corrected chi connectivity index (χ0v) is 13.7. The zero-order chi connectivity index (χ0) is 15.5. The van der Waals surface area contributed by atoms with E-state index < -0.39 is 0 Å². The number of piperidine rings is 1. The van der Waals surface area contributed by atoms with Crippen molar-refractivity contribution >= 4 is 22.7 Å². The third-order valence-corrected chi connectivity index (χ3v) is 4.80. The molecule has 1 atom stereocenters. The molecule has 2 aromatic rings. The highest BCUT2D eigenvalue weighted by atomic mass is 32.1. The van der Waals surface area contributed by atoms with Crippen molar-refractivity contribution in [2.24, 2.45) is 0 Å². The molecule has 0 spiro atoms. The Bertz CT molecular complexity index is 670. The van der Waals surface area contributed by atoms with Crippen LogP contribution in [-0.2, 0) is 0 Å². The molecule has 2 heterocycles. The molecule has 1 unspecified atom stereocenters. The lowest BCUT2D eigenvalue weighted by Crippen LogP contribution is -2.41. The molecule has 1 aromatic carbocycles. The summed E-state index contributed by atoms with van der Waals surface area (Å²) in [4.78, 5) is 18.5. The first-order valence-corrected chi connectivity index (χ1v) is 8.32.